The molecular formula is C26H22FN3O3S. The molecule has 0 spiro atoms. The normalized spacial score (nSPS) is 11.6. The number of benzene rings is 3. The van der Waals surface area contributed by atoms with Crippen molar-refractivity contribution in [3.8, 4) is 16.9 Å². The standard InChI is InChI=1S/C26H22FN3O3S/c1-34(32,33)24-14-7-19(8-15-24)17-28-25(31)16-11-21-18-30(23-5-3-2-4-6-23)29-26(21)20-9-12-22(27)13-10-20/h2-16,18H,17H2,1H3,(H,28,31)/b16-11+. The SMILES string of the molecule is CS(=O)(=O)c1ccc(CNC(=O)/C=C/c2cn(-c3ccccc3)nc2-c2ccc(F)cc2)cc1. The summed E-state index contributed by atoms with van der Waals surface area (Å²) in [5.41, 5.74) is 3.67. The number of hydrogen-bond donors (Lipinski definition) is 1. The number of nitrogens with one attached hydrogen (secondary N) is 1. The summed E-state index contributed by atoms with van der Waals surface area (Å²) in [7, 11) is -3.26. The highest BCUT2D eigenvalue weighted by molar-refractivity contribution is 7.90. The molecule has 1 aromatic heterocycles. The Morgan fingerprint density at radius 3 is 2.32 bits per heavy atom. The van der Waals surface area contributed by atoms with Crippen LogP contribution in [0.3, 0.4) is 0 Å². The van der Waals surface area contributed by atoms with Crippen LogP contribution in [0, 0.1) is 5.82 Å². The maximum Gasteiger partial charge on any atom is 0.244 e. The Morgan fingerprint density at radius 1 is 1.00 bits per heavy atom. The molecule has 3 aromatic carbocycles. The van der Waals surface area contributed by atoms with Crippen LogP contribution in [0.5, 0.6) is 0 Å². The van der Waals surface area contributed by atoms with Gasteiger partial charge < -0.3 is 5.32 Å². The quantitative estimate of drug-likeness (QED) is 0.402. The van der Waals surface area contributed by atoms with Gasteiger partial charge in [-0.3, -0.25) is 4.79 Å². The number of amides is 1. The van der Waals surface area contributed by atoms with Crippen LogP contribution in [0.25, 0.3) is 23.0 Å². The van der Waals surface area contributed by atoms with E-state index in [1.165, 1.54) is 30.3 Å². The van der Waals surface area contributed by atoms with Gasteiger partial charge in [-0.2, -0.15) is 5.10 Å². The Labute approximate surface area is 197 Å². The average Bonchev–Trinajstić information content (AvgIpc) is 3.26. The van der Waals surface area contributed by atoms with E-state index in [1.54, 1.807) is 35.0 Å². The first-order chi connectivity index (χ1) is 16.3. The number of para-hydroxylation sites is 1. The lowest BCUT2D eigenvalue weighted by molar-refractivity contribution is -0.116. The van der Waals surface area contributed by atoms with Crippen LogP contribution >= 0.6 is 0 Å². The highest BCUT2D eigenvalue weighted by Gasteiger charge is 2.11. The topological polar surface area (TPSA) is 81.1 Å². The van der Waals surface area contributed by atoms with Gasteiger partial charge in [0.05, 0.1) is 16.3 Å². The molecule has 4 aromatic rings. The van der Waals surface area contributed by atoms with Crippen molar-refractivity contribution in [3.05, 3.63) is 108 Å². The van der Waals surface area contributed by atoms with Crippen molar-refractivity contribution in [2.45, 2.75) is 11.4 Å². The third-order valence-corrected chi connectivity index (χ3v) is 6.24. The summed E-state index contributed by atoms with van der Waals surface area (Å²) in [4.78, 5) is 12.6. The lowest BCUT2D eigenvalue weighted by Crippen LogP contribution is -2.20. The van der Waals surface area contributed by atoms with E-state index < -0.39 is 9.84 Å². The van der Waals surface area contributed by atoms with Gasteiger partial charge in [0.2, 0.25) is 5.91 Å². The zero-order valence-electron chi connectivity index (χ0n) is 18.4. The molecule has 34 heavy (non-hydrogen) atoms. The summed E-state index contributed by atoms with van der Waals surface area (Å²) in [6.45, 7) is 0.251. The van der Waals surface area contributed by atoms with Gasteiger partial charge in [-0.25, -0.2) is 17.5 Å². The van der Waals surface area contributed by atoms with Crippen molar-refractivity contribution in [1.29, 1.82) is 0 Å². The number of carbonyl (C=O) groups is 1. The summed E-state index contributed by atoms with van der Waals surface area (Å²) in [6.07, 6.45) is 6.02. The molecule has 172 valence electrons. The van der Waals surface area contributed by atoms with Gasteiger partial charge in [0.15, 0.2) is 9.84 Å². The fourth-order valence-corrected chi connectivity index (χ4v) is 3.95. The predicted octanol–water partition coefficient (Wildman–Crippen LogP) is 4.41. The molecule has 1 amide bonds. The van der Waals surface area contributed by atoms with Crippen molar-refractivity contribution in [3.63, 3.8) is 0 Å². The van der Waals surface area contributed by atoms with Gasteiger partial charge in [0.1, 0.15) is 5.82 Å². The van der Waals surface area contributed by atoms with Crippen LogP contribution in [-0.4, -0.2) is 30.4 Å². The highest BCUT2D eigenvalue weighted by atomic mass is 32.2. The first-order valence-corrected chi connectivity index (χ1v) is 12.3. The Hall–Kier alpha value is -4.04. The second-order valence-electron chi connectivity index (χ2n) is 7.69. The van der Waals surface area contributed by atoms with E-state index in [9.17, 15) is 17.6 Å². The first-order valence-electron chi connectivity index (χ1n) is 10.5. The summed E-state index contributed by atoms with van der Waals surface area (Å²) >= 11 is 0. The summed E-state index contributed by atoms with van der Waals surface area (Å²) < 4.78 is 38.2. The van der Waals surface area contributed by atoms with E-state index >= 15 is 0 Å². The van der Waals surface area contributed by atoms with E-state index in [4.69, 9.17) is 0 Å². The van der Waals surface area contributed by atoms with E-state index in [2.05, 4.69) is 10.4 Å². The minimum atomic E-state index is -3.26. The molecule has 6 nitrogen and oxygen atoms in total. The number of halogens is 1. The number of carbonyl (C=O) groups excluding carboxylic acids is 1. The zero-order chi connectivity index (χ0) is 24.1. The molecule has 0 saturated heterocycles. The zero-order valence-corrected chi connectivity index (χ0v) is 19.2. The monoisotopic (exact) mass is 475 g/mol. The second kappa shape index (κ2) is 9.84. The smallest absolute Gasteiger partial charge is 0.244 e. The summed E-state index contributed by atoms with van der Waals surface area (Å²) in [5.74, 6) is -0.656. The van der Waals surface area contributed by atoms with Crippen molar-refractivity contribution in [2.75, 3.05) is 6.26 Å². The predicted molar refractivity (Wildman–Crippen MR) is 129 cm³/mol. The van der Waals surface area contributed by atoms with Crippen LogP contribution in [0.4, 0.5) is 4.39 Å². The third-order valence-electron chi connectivity index (χ3n) is 5.11. The molecule has 1 N–H and O–H groups in total. The molecule has 0 aliphatic rings. The Balaban J connectivity index is 1.52. The van der Waals surface area contributed by atoms with Crippen molar-refractivity contribution >= 4 is 21.8 Å². The number of aromatic nitrogens is 2. The van der Waals surface area contributed by atoms with E-state index in [0.29, 0.717) is 11.3 Å². The van der Waals surface area contributed by atoms with Crippen molar-refractivity contribution in [2.24, 2.45) is 0 Å². The fourth-order valence-electron chi connectivity index (χ4n) is 3.32. The Morgan fingerprint density at radius 2 is 1.68 bits per heavy atom. The molecule has 4 rings (SSSR count). The molecule has 0 aliphatic heterocycles. The first kappa shape index (κ1) is 23.1. The molecule has 0 saturated carbocycles. The van der Waals surface area contributed by atoms with E-state index in [-0.39, 0.29) is 23.2 Å². The lowest BCUT2D eigenvalue weighted by Gasteiger charge is -2.04. The molecule has 8 heteroatoms. The van der Waals surface area contributed by atoms with E-state index in [0.717, 1.165) is 23.1 Å². The van der Waals surface area contributed by atoms with E-state index in [1.807, 2.05) is 36.5 Å². The lowest BCUT2D eigenvalue weighted by atomic mass is 10.1. The van der Waals surface area contributed by atoms with Gasteiger partial charge in [-0.15, -0.1) is 0 Å². The van der Waals surface area contributed by atoms with Crippen LogP contribution in [0.1, 0.15) is 11.1 Å². The number of rotatable bonds is 7. The van der Waals surface area contributed by atoms with Crippen LogP contribution < -0.4 is 5.32 Å². The minimum Gasteiger partial charge on any atom is -0.348 e. The van der Waals surface area contributed by atoms with Crippen molar-refractivity contribution < 1.29 is 17.6 Å². The molecule has 0 aliphatic carbocycles. The molecule has 0 atom stereocenters. The highest BCUT2D eigenvalue weighted by Crippen LogP contribution is 2.25. The molecule has 0 fully saturated rings. The number of sulfone groups is 1. The van der Waals surface area contributed by atoms with Crippen LogP contribution in [0.15, 0.2) is 96.0 Å². The number of hydrogen-bond acceptors (Lipinski definition) is 4. The second-order valence-corrected chi connectivity index (χ2v) is 9.70. The van der Waals surface area contributed by atoms with Crippen LogP contribution in [0.2, 0.25) is 0 Å². The molecule has 0 radical (unpaired) electrons. The summed E-state index contributed by atoms with van der Waals surface area (Å²) in [6, 6.07) is 21.9. The summed E-state index contributed by atoms with van der Waals surface area (Å²) in [5, 5.41) is 7.42. The molecule has 0 unspecified atom stereocenters. The van der Waals surface area contributed by atoms with Gasteiger partial charge in [-0.1, -0.05) is 30.3 Å². The number of nitrogens with zero attached hydrogens (tertiary/aromatic N) is 2. The van der Waals surface area contributed by atoms with Gasteiger partial charge >= 0.3 is 0 Å². The molecule has 1 heterocycles. The minimum absolute atomic E-state index is 0.228. The fraction of sp³-hybridized carbons (Fsp3) is 0.0769. The maximum absolute atomic E-state index is 13.4. The van der Waals surface area contributed by atoms with Gasteiger partial charge in [-0.05, 0) is 60.2 Å². The molecular weight excluding hydrogens is 453 g/mol. The third kappa shape index (κ3) is 5.65. The van der Waals surface area contributed by atoms with Crippen LogP contribution in [-0.2, 0) is 21.2 Å². The maximum atomic E-state index is 13.4. The Kier molecular flexibility index (Phi) is 6.70. The largest absolute Gasteiger partial charge is 0.348 e. The van der Waals surface area contributed by atoms with Gasteiger partial charge in [0, 0.05) is 36.2 Å². The average molecular weight is 476 g/mol. The van der Waals surface area contributed by atoms with Gasteiger partial charge in [0.25, 0.3) is 0 Å². The Bertz CT molecular complexity index is 1430. The van der Waals surface area contributed by atoms with Crippen molar-refractivity contribution in [1.82, 2.24) is 15.1 Å². The molecule has 0 bridgehead atoms.